The summed E-state index contributed by atoms with van der Waals surface area (Å²) in [6.45, 7) is 4.95. The number of nitrogens with one attached hydrogen (secondary N) is 1. The fourth-order valence-corrected chi connectivity index (χ4v) is 3.41. The Balaban J connectivity index is 2.29. The maximum absolute atomic E-state index is 13.1. The minimum atomic E-state index is -0.276. The molecule has 2 rings (SSSR count). The molecule has 0 saturated carbocycles. The molecule has 0 radical (unpaired) electrons. The van der Waals surface area contributed by atoms with E-state index >= 15 is 0 Å². The van der Waals surface area contributed by atoms with E-state index in [0.717, 1.165) is 36.8 Å². The van der Waals surface area contributed by atoms with Crippen LogP contribution in [0.25, 0.3) is 0 Å². The van der Waals surface area contributed by atoms with Crippen molar-refractivity contribution in [3.63, 3.8) is 0 Å². The highest BCUT2D eigenvalue weighted by atomic mass is 79.9. The van der Waals surface area contributed by atoms with E-state index in [1.54, 1.807) is 18.0 Å². The number of aromatic nitrogens is 2. The maximum atomic E-state index is 13.1. The highest BCUT2D eigenvalue weighted by Crippen LogP contribution is 2.36. The Morgan fingerprint density at radius 2 is 2.45 bits per heavy atom. The number of ether oxygens (including phenoxy) is 1. The van der Waals surface area contributed by atoms with Gasteiger partial charge in [-0.2, -0.15) is 5.10 Å². The van der Waals surface area contributed by atoms with Gasteiger partial charge >= 0.3 is 0 Å². The normalized spacial score (nSPS) is 22.4. The largest absolute Gasteiger partial charge is 0.383 e. The Labute approximate surface area is 128 Å². The Morgan fingerprint density at radius 1 is 1.65 bits per heavy atom. The summed E-state index contributed by atoms with van der Waals surface area (Å²) in [5.74, 6) is 0.199. The average Bonchev–Trinajstić information content (AvgIpc) is 3.04. The van der Waals surface area contributed by atoms with Crippen LogP contribution in [0.3, 0.4) is 0 Å². The van der Waals surface area contributed by atoms with Crippen LogP contribution >= 0.6 is 15.9 Å². The van der Waals surface area contributed by atoms with Crippen LogP contribution in [0.15, 0.2) is 10.7 Å². The molecule has 20 heavy (non-hydrogen) atoms. The van der Waals surface area contributed by atoms with Gasteiger partial charge < -0.3 is 10.1 Å². The lowest BCUT2D eigenvalue weighted by Crippen LogP contribution is -2.35. The number of ketones is 1. The lowest BCUT2D eigenvalue weighted by atomic mass is 9.77. The monoisotopic (exact) mass is 343 g/mol. The number of carbonyl (C=O) groups excluding carboxylic acids is 1. The molecule has 1 aliphatic rings. The average molecular weight is 344 g/mol. The molecule has 5 nitrogen and oxygen atoms in total. The molecule has 1 N–H and O–H groups in total. The van der Waals surface area contributed by atoms with Crippen molar-refractivity contribution < 1.29 is 9.53 Å². The molecule has 1 atom stereocenters. The second kappa shape index (κ2) is 6.83. The van der Waals surface area contributed by atoms with Gasteiger partial charge in [-0.25, -0.2) is 0 Å². The Bertz CT molecular complexity index is 467. The van der Waals surface area contributed by atoms with Crippen molar-refractivity contribution in [3.8, 4) is 0 Å². The number of halogens is 1. The quantitative estimate of drug-likeness (QED) is 0.771. The van der Waals surface area contributed by atoms with E-state index in [9.17, 15) is 4.79 Å². The summed E-state index contributed by atoms with van der Waals surface area (Å²) in [6.07, 6.45) is 4.53. The van der Waals surface area contributed by atoms with Crippen molar-refractivity contribution in [2.24, 2.45) is 5.41 Å². The van der Waals surface area contributed by atoms with Crippen LogP contribution in [-0.4, -0.2) is 42.4 Å². The minimum Gasteiger partial charge on any atom is -0.383 e. The maximum Gasteiger partial charge on any atom is 0.189 e. The summed E-state index contributed by atoms with van der Waals surface area (Å²) in [7, 11) is 1.65. The molecular formula is C14H22BrN3O2. The van der Waals surface area contributed by atoms with Crippen LogP contribution in [-0.2, 0) is 11.3 Å². The van der Waals surface area contributed by atoms with Crippen molar-refractivity contribution in [1.82, 2.24) is 15.1 Å². The molecule has 1 unspecified atom stereocenters. The molecule has 0 aromatic carbocycles. The van der Waals surface area contributed by atoms with Crippen molar-refractivity contribution in [1.29, 1.82) is 0 Å². The van der Waals surface area contributed by atoms with Gasteiger partial charge in [0.25, 0.3) is 0 Å². The van der Waals surface area contributed by atoms with Gasteiger partial charge in [0.15, 0.2) is 5.78 Å². The van der Waals surface area contributed by atoms with E-state index in [-0.39, 0.29) is 11.2 Å². The van der Waals surface area contributed by atoms with Crippen LogP contribution in [0, 0.1) is 5.41 Å². The first-order chi connectivity index (χ1) is 9.64. The van der Waals surface area contributed by atoms with E-state index in [2.05, 4.69) is 33.3 Å². The third-order valence-corrected chi connectivity index (χ3v) is 4.55. The number of nitrogens with zero attached hydrogens (tertiary/aromatic N) is 2. The second-order valence-corrected chi connectivity index (χ2v) is 6.20. The number of Topliss-reactive ketones (excluding diaryl/α,β-unsaturated/α-hetero) is 1. The molecular weight excluding hydrogens is 322 g/mol. The SMILES string of the molecule is CCCC1(C(=O)c2c(Br)cnn2CCOC)CCNC1. The Hall–Kier alpha value is -0.720. The highest BCUT2D eigenvalue weighted by Gasteiger charge is 2.42. The van der Waals surface area contributed by atoms with Crippen molar-refractivity contribution in [2.45, 2.75) is 32.7 Å². The Morgan fingerprint density at radius 3 is 3.05 bits per heavy atom. The molecule has 6 heteroatoms. The molecule has 1 aromatic heterocycles. The van der Waals surface area contributed by atoms with Crippen LogP contribution in [0.4, 0.5) is 0 Å². The summed E-state index contributed by atoms with van der Waals surface area (Å²) < 4.78 is 7.62. The molecule has 112 valence electrons. The fourth-order valence-electron chi connectivity index (χ4n) is 2.93. The van der Waals surface area contributed by atoms with Gasteiger partial charge in [-0.1, -0.05) is 13.3 Å². The number of hydrogen-bond acceptors (Lipinski definition) is 4. The van der Waals surface area contributed by atoms with Gasteiger partial charge in [0, 0.05) is 19.1 Å². The first-order valence-electron chi connectivity index (χ1n) is 7.10. The zero-order valence-electron chi connectivity index (χ0n) is 12.1. The number of hydrogen-bond donors (Lipinski definition) is 1. The molecule has 0 bridgehead atoms. The molecule has 1 fully saturated rings. The van der Waals surface area contributed by atoms with E-state index < -0.39 is 0 Å². The van der Waals surface area contributed by atoms with Gasteiger partial charge in [-0.15, -0.1) is 0 Å². The molecule has 0 amide bonds. The van der Waals surface area contributed by atoms with Gasteiger partial charge in [-0.05, 0) is 35.3 Å². The fraction of sp³-hybridized carbons (Fsp3) is 0.714. The predicted octanol–water partition coefficient (Wildman–Crippen LogP) is 2.25. The summed E-state index contributed by atoms with van der Waals surface area (Å²) in [5, 5.41) is 7.62. The lowest BCUT2D eigenvalue weighted by molar-refractivity contribution is 0.0785. The Kier molecular flexibility index (Phi) is 5.35. The first kappa shape index (κ1) is 15.7. The van der Waals surface area contributed by atoms with Crippen LogP contribution in [0.5, 0.6) is 0 Å². The molecule has 1 saturated heterocycles. The number of methoxy groups -OCH3 is 1. The lowest BCUT2D eigenvalue weighted by Gasteiger charge is -2.26. The van der Waals surface area contributed by atoms with Crippen LogP contribution in [0.2, 0.25) is 0 Å². The van der Waals surface area contributed by atoms with Gasteiger partial charge in [0.1, 0.15) is 5.69 Å². The standard InChI is InChI=1S/C14H22BrN3O2/c1-3-4-14(5-6-16-10-14)13(19)12-11(15)9-17-18(12)7-8-20-2/h9,16H,3-8,10H2,1-2H3. The summed E-state index contributed by atoms with van der Waals surface area (Å²) in [6, 6.07) is 0. The number of carbonyl (C=O) groups is 1. The van der Waals surface area contributed by atoms with Crippen molar-refractivity contribution in [3.05, 3.63) is 16.4 Å². The summed E-state index contributed by atoms with van der Waals surface area (Å²) >= 11 is 3.47. The van der Waals surface area contributed by atoms with E-state index in [1.807, 2.05) is 0 Å². The summed E-state index contributed by atoms with van der Waals surface area (Å²) in [4.78, 5) is 13.1. The van der Waals surface area contributed by atoms with Crippen LogP contribution < -0.4 is 5.32 Å². The smallest absolute Gasteiger partial charge is 0.189 e. The van der Waals surface area contributed by atoms with Crippen LogP contribution in [0.1, 0.15) is 36.7 Å². The zero-order chi connectivity index (χ0) is 14.6. The molecule has 1 aromatic rings. The van der Waals surface area contributed by atoms with E-state index in [1.165, 1.54) is 0 Å². The predicted molar refractivity (Wildman–Crippen MR) is 81.0 cm³/mol. The van der Waals surface area contributed by atoms with E-state index in [4.69, 9.17) is 4.74 Å². The third kappa shape index (κ3) is 2.97. The summed E-state index contributed by atoms with van der Waals surface area (Å²) in [5.41, 5.74) is 0.404. The number of rotatable bonds is 7. The van der Waals surface area contributed by atoms with Crippen molar-refractivity contribution in [2.75, 3.05) is 26.8 Å². The van der Waals surface area contributed by atoms with Gasteiger partial charge in [-0.3, -0.25) is 9.48 Å². The van der Waals surface area contributed by atoms with Gasteiger partial charge in [0.05, 0.1) is 23.8 Å². The molecule has 0 spiro atoms. The third-order valence-electron chi connectivity index (χ3n) is 3.97. The molecule has 1 aliphatic heterocycles. The highest BCUT2D eigenvalue weighted by molar-refractivity contribution is 9.10. The first-order valence-corrected chi connectivity index (χ1v) is 7.89. The zero-order valence-corrected chi connectivity index (χ0v) is 13.7. The minimum absolute atomic E-state index is 0.199. The van der Waals surface area contributed by atoms with E-state index in [0.29, 0.717) is 18.8 Å². The molecule has 0 aliphatic carbocycles. The van der Waals surface area contributed by atoms with Crippen molar-refractivity contribution >= 4 is 21.7 Å². The van der Waals surface area contributed by atoms with Gasteiger partial charge in [0.2, 0.25) is 0 Å². The molecule has 2 heterocycles. The second-order valence-electron chi connectivity index (χ2n) is 5.34. The topological polar surface area (TPSA) is 56.2 Å².